The van der Waals surface area contributed by atoms with E-state index in [2.05, 4.69) is 10.3 Å². The van der Waals surface area contributed by atoms with Crippen molar-refractivity contribution in [3.8, 4) is 10.9 Å². The quantitative estimate of drug-likeness (QED) is 0.463. The van der Waals surface area contributed by atoms with Crippen LogP contribution in [0.1, 0.15) is 44.4 Å². The molecule has 0 saturated heterocycles. The Morgan fingerprint density at radius 3 is 2.83 bits per heavy atom. The fourth-order valence-electron chi connectivity index (χ4n) is 3.28. The predicted octanol–water partition coefficient (Wildman–Crippen LogP) is 3.12. The molecule has 2 atom stereocenters. The van der Waals surface area contributed by atoms with E-state index in [-0.39, 0.29) is 13.3 Å². The van der Waals surface area contributed by atoms with E-state index in [4.69, 9.17) is 19.2 Å². The third-order valence-electron chi connectivity index (χ3n) is 4.30. The van der Waals surface area contributed by atoms with Gasteiger partial charge >= 0.3 is 12.9 Å². The summed E-state index contributed by atoms with van der Waals surface area (Å²) in [6, 6.07) is 3.71. The lowest BCUT2D eigenvalue weighted by Crippen LogP contribution is -2.32. The van der Waals surface area contributed by atoms with Gasteiger partial charge in [0.25, 0.3) is 5.19 Å². The number of nitrogens with zero attached hydrogens (tertiary/aromatic N) is 1. The summed E-state index contributed by atoms with van der Waals surface area (Å²) in [4.78, 5) is 15.3. The molecule has 0 bridgehead atoms. The van der Waals surface area contributed by atoms with Gasteiger partial charge in [0.2, 0.25) is 6.41 Å². The Bertz CT molecular complexity index is 897. The normalized spacial score (nSPS) is 17.2. The summed E-state index contributed by atoms with van der Waals surface area (Å²) in [6.07, 6.45) is -0.121. The number of hydrogen-bond donors (Lipinski definition) is 3. The van der Waals surface area contributed by atoms with Gasteiger partial charge in [0.15, 0.2) is 0 Å². The van der Waals surface area contributed by atoms with E-state index in [1.165, 1.54) is 11.3 Å². The number of aliphatic carboxylic acids is 1. The minimum Gasteiger partial charge on any atom is -0.481 e. The average molecular weight is 420 g/mol. The third-order valence-corrected chi connectivity index (χ3v) is 5.11. The first-order chi connectivity index (χ1) is 13.5. The highest BCUT2D eigenvalue weighted by atomic mass is 32.1. The summed E-state index contributed by atoms with van der Waals surface area (Å²) in [7, 11) is 0. The molecule has 1 aromatic heterocycles. The van der Waals surface area contributed by atoms with E-state index < -0.39 is 24.1 Å². The van der Waals surface area contributed by atoms with Crippen molar-refractivity contribution in [2.24, 2.45) is 0 Å². The predicted molar refractivity (Wildman–Crippen MR) is 111 cm³/mol. The van der Waals surface area contributed by atoms with Gasteiger partial charge in [0, 0.05) is 0 Å². The number of aliphatic hydroxyl groups excluding tert-OH is 1. The molecule has 3 N–H and O–H groups in total. The number of anilines is 1. The van der Waals surface area contributed by atoms with Crippen molar-refractivity contribution < 1.29 is 29.1 Å². The summed E-state index contributed by atoms with van der Waals surface area (Å²) in [5.74, 6) is -0.296. The molecule has 2 unspecified atom stereocenters. The maximum absolute atomic E-state index is 11.1. The Morgan fingerprint density at radius 2 is 2.17 bits per heavy atom. The summed E-state index contributed by atoms with van der Waals surface area (Å²) >= 11 is 1.24. The van der Waals surface area contributed by atoms with Gasteiger partial charge in [-0.15, -0.1) is 0 Å². The van der Waals surface area contributed by atoms with Gasteiger partial charge in [0.1, 0.15) is 10.8 Å². The molecule has 10 heteroatoms. The van der Waals surface area contributed by atoms with Gasteiger partial charge in [-0.2, -0.15) is 0 Å². The highest BCUT2D eigenvalue weighted by Crippen LogP contribution is 2.35. The van der Waals surface area contributed by atoms with Crippen LogP contribution >= 0.6 is 11.3 Å². The number of ether oxygens (including phenoxy) is 2. The van der Waals surface area contributed by atoms with Gasteiger partial charge in [-0.05, 0) is 56.4 Å². The molecule has 1 aliphatic heterocycles. The molecule has 0 radical (unpaired) electrons. The van der Waals surface area contributed by atoms with Crippen LogP contribution in [-0.4, -0.2) is 40.1 Å². The minimum absolute atomic E-state index is 0.0706. The number of carbonyl (C=O) groups is 1. The third kappa shape index (κ3) is 5.48. The summed E-state index contributed by atoms with van der Waals surface area (Å²) in [6.45, 7) is 9.14. The molecule has 3 rings (SSSR count). The van der Waals surface area contributed by atoms with Crippen LogP contribution in [0, 0.1) is 6.92 Å². The van der Waals surface area contributed by atoms with Crippen molar-refractivity contribution in [2.75, 3.05) is 5.32 Å². The van der Waals surface area contributed by atoms with Crippen LogP contribution in [0.4, 0.5) is 5.00 Å². The molecule has 8 nitrogen and oxygen atoms in total. The fourth-order valence-corrected chi connectivity index (χ4v) is 3.98. The molecule has 1 aliphatic rings. The molecular weight excluding hydrogens is 395 g/mol. The number of thiazole rings is 1. The number of nitrogens with one attached hydrogen (secondary N) is 1. The monoisotopic (exact) mass is 420 g/mol. The Morgan fingerprint density at radius 1 is 1.45 bits per heavy atom. The Labute approximate surface area is 173 Å². The highest BCUT2D eigenvalue weighted by molar-refractivity contribution is 7.17. The second-order valence-electron chi connectivity index (χ2n) is 7.93. The summed E-state index contributed by atoms with van der Waals surface area (Å²) in [5.41, 5.74) is 2.26. The standard InChI is InChI=1S/C19H25BN2O6S/c1-10-6-11(7-12-16(10)13(8-15(23)24)28-20(12)5)26-18-21-9-14(29-18)22-17(25)27-19(2,3)4/h6-7,9,13,17,22,25H,8H2,1-5H3,(H,23,24). The van der Waals surface area contributed by atoms with E-state index in [0.717, 1.165) is 16.6 Å². The molecule has 29 heavy (non-hydrogen) atoms. The summed E-state index contributed by atoms with van der Waals surface area (Å²) < 4.78 is 17.1. The van der Waals surface area contributed by atoms with Gasteiger partial charge in [-0.25, -0.2) is 4.98 Å². The molecule has 156 valence electrons. The van der Waals surface area contributed by atoms with Gasteiger partial charge in [0.05, 0.1) is 24.3 Å². The molecule has 0 amide bonds. The van der Waals surface area contributed by atoms with Crippen LogP contribution < -0.4 is 15.5 Å². The van der Waals surface area contributed by atoms with Gasteiger partial charge < -0.3 is 29.7 Å². The Hall–Kier alpha value is -2.14. The zero-order valence-corrected chi connectivity index (χ0v) is 17.9. The van der Waals surface area contributed by atoms with Crippen LogP contribution in [0.5, 0.6) is 10.9 Å². The molecule has 0 fully saturated rings. The lowest BCUT2D eigenvalue weighted by Gasteiger charge is -2.24. The minimum atomic E-state index is -1.16. The first-order valence-electron chi connectivity index (χ1n) is 9.29. The first kappa shape index (κ1) is 21.6. The maximum atomic E-state index is 11.1. The van der Waals surface area contributed by atoms with E-state index in [1.807, 2.05) is 46.7 Å². The lowest BCUT2D eigenvalue weighted by atomic mass is 9.63. The van der Waals surface area contributed by atoms with Crippen molar-refractivity contribution in [2.45, 2.75) is 59.1 Å². The molecule has 0 saturated carbocycles. The van der Waals surface area contributed by atoms with Crippen molar-refractivity contribution in [3.63, 3.8) is 0 Å². The second-order valence-corrected chi connectivity index (χ2v) is 8.92. The average Bonchev–Trinajstić information content (AvgIpc) is 3.10. The smallest absolute Gasteiger partial charge is 0.324 e. The van der Waals surface area contributed by atoms with Crippen molar-refractivity contribution in [1.29, 1.82) is 0 Å². The van der Waals surface area contributed by atoms with E-state index in [0.29, 0.717) is 15.9 Å². The van der Waals surface area contributed by atoms with E-state index in [9.17, 15) is 9.90 Å². The molecule has 2 aromatic rings. The molecule has 2 heterocycles. The molecular formula is C19H25BN2O6S. The van der Waals surface area contributed by atoms with Gasteiger partial charge in [-0.1, -0.05) is 18.2 Å². The molecule has 0 aliphatic carbocycles. The van der Waals surface area contributed by atoms with Crippen molar-refractivity contribution in [1.82, 2.24) is 4.98 Å². The number of benzene rings is 1. The highest BCUT2D eigenvalue weighted by Gasteiger charge is 2.35. The fraction of sp³-hybridized carbons (Fsp3) is 0.474. The zero-order valence-electron chi connectivity index (χ0n) is 17.1. The van der Waals surface area contributed by atoms with Crippen LogP contribution in [0.15, 0.2) is 18.3 Å². The number of carboxylic acids is 1. The van der Waals surface area contributed by atoms with Crippen LogP contribution in [0.2, 0.25) is 6.82 Å². The largest absolute Gasteiger partial charge is 0.481 e. The van der Waals surface area contributed by atoms with Crippen LogP contribution in [0.25, 0.3) is 0 Å². The van der Waals surface area contributed by atoms with Crippen molar-refractivity contribution >= 4 is 34.7 Å². The van der Waals surface area contributed by atoms with Gasteiger partial charge in [-0.3, -0.25) is 4.79 Å². The van der Waals surface area contributed by atoms with Crippen molar-refractivity contribution in [3.05, 3.63) is 29.5 Å². The van der Waals surface area contributed by atoms with E-state index >= 15 is 0 Å². The van der Waals surface area contributed by atoms with Crippen LogP contribution in [-0.2, 0) is 14.2 Å². The molecule has 0 spiro atoms. The number of aliphatic hydroxyl groups is 1. The number of hydrogen-bond acceptors (Lipinski definition) is 8. The topological polar surface area (TPSA) is 110 Å². The Kier molecular flexibility index (Phi) is 6.18. The number of carboxylic acid groups (broad SMARTS) is 1. The zero-order chi connectivity index (χ0) is 21.3. The first-order valence-corrected chi connectivity index (χ1v) is 10.1. The summed E-state index contributed by atoms with van der Waals surface area (Å²) in [5, 5.41) is 22.9. The number of fused-ring (bicyclic) bond motifs is 1. The van der Waals surface area contributed by atoms with Crippen LogP contribution in [0.3, 0.4) is 0 Å². The second kappa shape index (κ2) is 8.31. The maximum Gasteiger partial charge on any atom is 0.324 e. The number of aromatic nitrogens is 1. The van der Waals surface area contributed by atoms with E-state index in [1.54, 1.807) is 6.20 Å². The Balaban J connectivity index is 1.72. The SMILES string of the molecule is CB1OC(CC(=O)O)c2c(C)cc(Oc3ncc(NC(O)OC(C)(C)C)s3)cc21. The number of aryl methyl sites for hydroxylation is 1. The lowest BCUT2D eigenvalue weighted by molar-refractivity contribution is -0.148. The molecule has 1 aromatic carbocycles. The number of rotatable bonds is 7.